The summed E-state index contributed by atoms with van der Waals surface area (Å²) >= 11 is 0. The van der Waals surface area contributed by atoms with E-state index in [1.54, 1.807) is 30.3 Å². The van der Waals surface area contributed by atoms with Crippen molar-refractivity contribution in [3.63, 3.8) is 0 Å². The van der Waals surface area contributed by atoms with Crippen LogP contribution in [0.4, 0.5) is 5.69 Å². The van der Waals surface area contributed by atoms with Crippen LogP contribution in [-0.2, 0) is 9.59 Å². The van der Waals surface area contributed by atoms with Crippen molar-refractivity contribution >= 4 is 29.5 Å². The molecule has 0 atom stereocenters. The van der Waals surface area contributed by atoms with Crippen LogP contribution in [0.5, 0.6) is 0 Å². The summed E-state index contributed by atoms with van der Waals surface area (Å²) in [4.78, 5) is 35.6. The standard InChI is InChI=1S/C22H25N3O3/c1-3-4-5-20(26)23-19-13-11-18(12-14-19)22(28)25-24-21(27)15-10-17-8-6-16(2)7-9-17/h6-15H,3-5H2,1-2H3,(H,23,26)(H,24,27)(H,25,28)/b15-10+. The Bertz CT molecular complexity index is 840. The molecule has 0 saturated carbocycles. The van der Waals surface area contributed by atoms with Gasteiger partial charge in [-0.25, -0.2) is 0 Å². The van der Waals surface area contributed by atoms with E-state index in [0.717, 1.165) is 24.0 Å². The first kappa shape index (κ1) is 20.9. The van der Waals surface area contributed by atoms with Gasteiger partial charge in [0.2, 0.25) is 5.91 Å². The highest BCUT2D eigenvalue weighted by molar-refractivity contribution is 5.98. The largest absolute Gasteiger partial charge is 0.326 e. The highest BCUT2D eigenvalue weighted by atomic mass is 16.2. The van der Waals surface area contributed by atoms with Crippen molar-refractivity contribution in [2.75, 3.05) is 5.32 Å². The summed E-state index contributed by atoms with van der Waals surface area (Å²) in [7, 11) is 0. The van der Waals surface area contributed by atoms with Crippen LogP contribution < -0.4 is 16.2 Å². The first-order valence-electron chi connectivity index (χ1n) is 9.23. The van der Waals surface area contributed by atoms with Crippen molar-refractivity contribution in [2.24, 2.45) is 0 Å². The third-order valence-electron chi connectivity index (χ3n) is 3.99. The Balaban J connectivity index is 1.81. The number of amides is 3. The van der Waals surface area contributed by atoms with E-state index in [2.05, 4.69) is 16.2 Å². The van der Waals surface area contributed by atoms with Gasteiger partial charge in [0, 0.05) is 23.7 Å². The molecule has 0 unspecified atom stereocenters. The van der Waals surface area contributed by atoms with Gasteiger partial charge < -0.3 is 5.32 Å². The monoisotopic (exact) mass is 379 g/mol. The molecule has 0 aliphatic carbocycles. The van der Waals surface area contributed by atoms with E-state index in [9.17, 15) is 14.4 Å². The molecule has 0 saturated heterocycles. The molecule has 0 radical (unpaired) electrons. The SMILES string of the molecule is CCCCC(=O)Nc1ccc(C(=O)NNC(=O)/C=C/c2ccc(C)cc2)cc1. The van der Waals surface area contributed by atoms with E-state index in [1.165, 1.54) is 6.08 Å². The highest BCUT2D eigenvalue weighted by Gasteiger charge is 2.07. The zero-order chi connectivity index (χ0) is 20.4. The Morgan fingerprint density at radius 3 is 2.25 bits per heavy atom. The summed E-state index contributed by atoms with van der Waals surface area (Å²) in [6.45, 7) is 4.01. The lowest BCUT2D eigenvalue weighted by Crippen LogP contribution is -2.40. The zero-order valence-electron chi connectivity index (χ0n) is 16.1. The predicted octanol–water partition coefficient (Wildman–Crippen LogP) is 3.60. The van der Waals surface area contributed by atoms with Gasteiger partial charge in [-0.15, -0.1) is 0 Å². The molecule has 2 aromatic rings. The van der Waals surface area contributed by atoms with Gasteiger partial charge in [0.15, 0.2) is 0 Å². The summed E-state index contributed by atoms with van der Waals surface area (Å²) in [5.41, 5.74) is 7.72. The number of unbranched alkanes of at least 4 members (excludes halogenated alkanes) is 1. The number of carbonyl (C=O) groups excluding carboxylic acids is 3. The van der Waals surface area contributed by atoms with Gasteiger partial charge in [0.05, 0.1) is 0 Å². The molecule has 3 N–H and O–H groups in total. The van der Waals surface area contributed by atoms with Gasteiger partial charge in [-0.2, -0.15) is 0 Å². The van der Waals surface area contributed by atoms with Gasteiger partial charge in [0.25, 0.3) is 11.8 Å². The summed E-state index contributed by atoms with van der Waals surface area (Å²) < 4.78 is 0. The number of nitrogens with one attached hydrogen (secondary N) is 3. The van der Waals surface area contributed by atoms with Crippen LogP contribution in [0.15, 0.2) is 54.6 Å². The number of aryl methyl sites for hydroxylation is 1. The number of anilines is 1. The first-order chi connectivity index (χ1) is 13.5. The number of hydrogen-bond donors (Lipinski definition) is 3. The summed E-state index contributed by atoms with van der Waals surface area (Å²) in [5, 5.41) is 2.78. The van der Waals surface area contributed by atoms with E-state index >= 15 is 0 Å². The topological polar surface area (TPSA) is 87.3 Å². The average Bonchev–Trinajstić information content (AvgIpc) is 2.70. The Kier molecular flexibility index (Phi) is 7.96. The number of benzene rings is 2. The molecule has 0 heterocycles. The Hall–Kier alpha value is -3.41. The number of rotatable bonds is 7. The van der Waals surface area contributed by atoms with Crippen LogP contribution >= 0.6 is 0 Å². The summed E-state index contributed by atoms with van der Waals surface area (Å²) in [6.07, 6.45) is 5.28. The van der Waals surface area contributed by atoms with Crippen molar-refractivity contribution in [3.05, 3.63) is 71.3 Å². The molecule has 3 amide bonds. The lowest BCUT2D eigenvalue weighted by Gasteiger charge is -2.07. The molecular formula is C22H25N3O3. The first-order valence-corrected chi connectivity index (χ1v) is 9.23. The lowest BCUT2D eigenvalue weighted by molar-refractivity contribution is -0.117. The molecule has 28 heavy (non-hydrogen) atoms. The van der Waals surface area contributed by atoms with Gasteiger partial charge in [0.1, 0.15) is 0 Å². The van der Waals surface area contributed by atoms with Crippen LogP contribution in [0.2, 0.25) is 0 Å². The fraction of sp³-hybridized carbons (Fsp3) is 0.227. The predicted molar refractivity (Wildman–Crippen MR) is 110 cm³/mol. The molecule has 0 spiro atoms. The molecular weight excluding hydrogens is 354 g/mol. The second kappa shape index (κ2) is 10.7. The van der Waals surface area contributed by atoms with Crippen LogP contribution in [0.1, 0.15) is 47.7 Å². The van der Waals surface area contributed by atoms with Crippen molar-refractivity contribution in [2.45, 2.75) is 33.1 Å². The van der Waals surface area contributed by atoms with Gasteiger partial charge in [-0.1, -0.05) is 43.2 Å². The fourth-order valence-electron chi connectivity index (χ4n) is 2.35. The number of hydrazine groups is 1. The number of hydrogen-bond acceptors (Lipinski definition) is 3. The Labute approximate surface area is 165 Å². The van der Waals surface area contributed by atoms with Crippen LogP contribution in [0.3, 0.4) is 0 Å². The van der Waals surface area contributed by atoms with E-state index < -0.39 is 11.8 Å². The minimum Gasteiger partial charge on any atom is -0.326 e. The maximum atomic E-state index is 12.1. The third-order valence-corrected chi connectivity index (χ3v) is 3.99. The van der Waals surface area contributed by atoms with Gasteiger partial charge in [-0.05, 0) is 49.2 Å². The molecule has 0 bridgehead atoms. The van der Waals surface area contributed by atoms with Crippen LogP contribution in [0.25, 0.3) is 6.08 Å². The molecule has 6 nitrogen and oxygen atoms in total. The maximum Gasteiger partial charge on any atom is 0.269 e. The molecule has 2 rings (SSSR count). The Morgan fingerprint density at radius 1 is 0.929 bits per heavy atom. The molecule has 0 aromatic heterocycles. The van der Waals surface area contributed by atoms with E-state index in [4.69, 9.17) is 0 Å². The fourth-order valence-corrected chi connectivity index (χ4v) is 2.35. The van der Waals surface area contributed by atoms with Crippen LogP contribution in [0, 0.1) is 6.92 Å². The van der Waals surface area contributed by atoms with E-state index in [0.29, 0.717) is 17.7 Å². The lowest BCUT2D eigenvalue weighted by atomic mass is 10.1. The van der Waals surface area contributed by atoms with Gasteiger partial charge in [-0.3, -0.25) is 25.2 Å². The van der Waals surface area contributed by atoms with Crippen molar-refractivity contribution in [1.29, 1.82) is 0 Å². The third kappa shape index (κ3) is 7.07. The van der Waals surface area contributed by atoms with Gasteiger partial charge >= 0.3 is 0 Å². The smallest absolute Gasteiger partial charge is 0.269 e. The number of carbonyl (C=O) groups is 3. The molecule has 6 heteroatoms. The normalized spacial score (nSPS) is 10.5. The second-order valence-electron chi connectivity index (χ2n) is 6.42. The minimum atomic E-state index is -0.444. The minimum absolute atomic E-state index is 0.0494. The van der Waals surface area contributed by atoms with Crippen molar-refractivity contribution in [1.82, 2.24) is 10.9 Å². The molecule has 146 valence electrons. The average molecular weight is 379 g/mol. The maximum absolute atomic E-state index is 12.1. The molecule has 2 aromatic carbocycles. The second-order valence-corrected chi connectivity index (χ2v) is 6.42. The molecule has 0 fully saturated rings. The highest BCUT2D eigenvalue weighted by Crippen LogP contribution is 2.10. The Morgan fingerprint density at radius 2 is 1.61 bits per heavy atom. The van der Waals surface area contributed by atoms with Crippen LogP contribution in [-0.4, -0.2) is 17.7 Å². The van der Waals surface area contributed by atoms with E-state index in [1.807, 2.05) is 38.1 Å². The van der Waals surface area contributed by atoms with Crippen molar-refractivity contribution in [3.8, 4) is 0 Å². The molecule has 0 aliphatic rings. The quantitative estimate of drug-likeness (QED) is 0.507. The summed E-state index contributed by atoms with van der Waals surface area (Å²) in [5.74, 6) is -0.929. The van der Waals surface area contributed by atoms with E-state index in [-0.39, 0.29) is 5.91 Å². The zero-order valence-corrected chi connectivity index (χ0v) is 16.1. The van der Waals surface area contributed by atoms with Crippen molar-refractivity contribution < 1.29 is 14.4 Å². The molecule has 0 aliphatic heterocycles. The summed E-state index contributed by atoms with van der Waals surface area (Å²) in [6, 6.07) is 14.2.